The summed E-state index contributed by atoms with van der Waals surface area (Å²) in [6.07, 6.45) is 1.36. The van der Waals surface area contributed by atoms with Gasteiger partial charge in [0.25, 0.3) is 0 Å². The molecule has 2 fully saturated rings. The van der Waals surface area contributed by atoms with Gasteiger partial charge in [-0.2, -0.15) is 0 Å². The van der Waals surface area contributed by atoms with Crippen molar-refractivity contribution in [3.63, 3.8) is 0 Å². The van der Waals surface area contributed by atoms with Gasteiger partial charge < -0.3 is 19.1 Å². The minimum atomic E-state index is -1.31. The van der Waals surface area contributed by atoms with Crippen molar-refractivity contribution in [1.82, 2.24) is 9.80 Å². The third kappa shape index (κ3) is 6.89. The van der Waals surface area contributed by atoms with Gasteiger partial charge in [0.05, 0.1) is 31.3 Å². The summed E-state index contributed by atoms with van der Waals surface area (Å²) in [5, 5.41) is 0. The molecule has 9 heteroatoms. The smallest absolute Gasteiger partial charge is 0.410 e. The van der Waals surface area contributed by atoms with Crippen molar-refractivity contribution in [3.05, 3.63) is 0 Å². The normalized spacial score (nSPS) is 23.9. The summed E-state index contributed by atoms with van der Waals surface area (Å²) in [6.45, 7) is 14.6. The van der Waals surface area contributed by atoms with Crippen LogP contribution in [-0.2, 0) is 19.0 Å². The lowest BCUT2D eigenvalue weighted by atomic mass is 10.0. The van der Waals surface area contributed by atoms with Gasteiger partial charge in [0.2, 0.25) is 0 Å². The molecule has 2 amide bonds. The Morgan fingerprint density at radius 1 is 1.00 bits per heavy atom. The van der Waals surface area contributed by atoms with E-state index >= 15 is 0 Å². The van der Waals surface area contributed by atoms with Gasteiger partial charge in [-0.1, -0.05) is 19.6 Å². The second-order valence-electron chi connectivity index (χ2n) is 10.5. The van der Waals surface area contributed by atoms with Crippen LogP contribution in [0.4, 0.5) is 9.59 Å². The van der Waals surface area contributed by atoms with Crippen molar-refractivity contribution in [3.8, 4) is 0 Å². The van der Waals surface area contributed by atoms with Gasteiger partial charge >= 0.3 is 18.2 Å². The zero-order valence-corrected chi connectivity index (χ0v) is 20.5. The molecule has 0 radical (unpaired) electrons. The lowest BCUT2D eigenvalue weighted by molar-refractivity contribution is -0.141. The average molecular weight is 443 g/mol. The van der Waals surface area contributed by atoms with Crippen LogP contribution >= 0.6 is 0 Å². The van der Waals surface area contributed by atoms with Crippen LogP contribution in [0.5, 0.6) is 0 Å². The fraction of sp³-hybridized carbons (Fsp3) is 0.857. The number of hydrogen-bond acceptors (Lipinski definition) is 6. The molecule has 0 aromatic carbocycles. The molecule has 0 unspecified atom stereocenters. The molecule has 2 aliphatic rings. The van der Waals surface area contributed by atoms with E-state index in [4.69, 9.17) is 14.2 Å². The van der Waals surface area contributed by atoms with E-state index < -0.39 is 13.7 Å². The summed E-state index contributed by atoms with van der Waals surface area (Å²) in [4.78, 5) is 40.5. The van der Waals surface area contributed by atoms with Crippen LogP contribution in [0.1, 0.15) is 47.0 Å². The van der Waals surface area contributed by atoms with E-state index in [0.29, 0.717) is 19.6 Å². The van der Waals surface area contributed by atoms with Gasteiger partial charge in [0.15, 0.2) is 0 Å². The van der Waals surface area contributed by atoms with Crippen LogP contribution in [0, 0.1) is 0 Å². The number of amides is 2. The van der Waals surface area contributed by atoms with E-state index in [2.05, 4.69) is 19.6 Å². The number of carbonyl (C=O) groups is 3. The third-order valence-corrected chi connectivity index (χ3v) is 7.14. The number of carbonyl (C=O) groups excluding carboxylic acids is 3. The minimum absolute atomic E-state index is 0.0839. The Kier molecular flexibility index (Phi) is 7.82. The maximum Gasteiger partial charge on any atom is 0.410 e. The number of esters is 1. The first kappa shape index (κ1) is 24.5. The molecular weight excluding hydrogens is 404 g/mol. The monoisotopic (exact) mass is 442 g/mol. The molecule has 2 rings (SSSR count). The molecule has 30 heavy (non-hydrogen) atoms. The van der Waals surface area contributed by atoms with E-state index in [-0.39, 0.29) is 42.9 Å². The van der Waals surface area contributed by atoms with Crippen LogP contribution in [0.2, 0.25) is 25.7 Å². The molecule has 2 heterocycles. The number of ether oxygens (including phenoxy) is 3. The average Bonchev–Trinajstić information content (AvgIpc) is 2.89. The molecule has 3 atom stereocenters. The molecule has 2 bridgehead atoms. The second-order valence-corrected chi connectivity index (χ2v) is 16.1. The fourth-order valence-corrected chi connectivity index (χ4v) is 4.76. The maximum atomic E-state index is 12.9. The molecule has 2 aliphatic heterocycles. The SMILES string of the molecule is CC(=O)OCC[C@@H]1[C@@H]2CC[C@H](CN1C(=O)OCC[Si](C)(C)C)N2C(=O)OC(C)(C)C. The van der Waals surface area contributed by atoms with E-state index in [9.17, 15) is 14.4 Å². The zero-order chi connectivity index (χ0) is 22.7. The molecule has 0 aromatic heterocycles. The Balaban J connectivity index is 2.13. The van der Waals surface area contributed by atoms with Gasteiger partial charge in [-0.25, -0.2) is 9.59 Å². The highest BCUT2D eigenvalue weighted by Crippen LogP contribution is 2.37. The van der Waals surface area contributed by atoms with Crippen LogP contribution in [0.3, 0.4) is 0 Å². The standard InChI is InChI=1S/C21H38N2O6Si/c1-15(24)27-11-10-17-18-9-8-16(23(18)20(26)29-21(2,3)4)14-22(17)19(25)28-12-13-30(5,6)7/h16-18H,8-14H2,1-7H3/t16-,17-,18+/m1/s1. The summed E-state index contributed by atoms with van der Waals surface area (Å²) < 4.78 is 16.3. The Morgan fingerprint density at radius 3 is 2.23 bits per heavy atom. The predicted molar refractivity (Wildman–Crippen MR) is 116 cm³/mol. The predicted octanol–water partition coefficient (Wildman–Crippen LogP) is 3.87. The van der Waals surface area contributed by atoms with Crippen LogP contribution in [0.25, 0.3) is 0 Å². The lowest BCUT2D eigenvalue weighted by Crippen LogP contribution is -2.63. The zero-order valence-electron chi connectivity index (χ0n) is 19.5. The van der Waals surface area contributed by atoms with Gasteiger partial charge in [0, 0.05) is 28.0 Å². The van der Waals surface area contributed by atoms with Crippen LogP contribution in [-0.4, -0.2) is 79.5 Å². The molecular formula is C21H38N2O6Si. The molecule has 172 valence electrons. The summed E-state index contributed by atoms with van der Waals surface area (Å²) in [5.41, 5.74) is -0.587. The molecule has 0 aliphatic carbocycles. The molecule has 0 saturated carbocycles. The first-order chi connectivity index (χ1) is 13.8. The molecule has 2 saturated heterocycles. The Bertz CT molecular complexity index is 642. The highest BCUT2D eigenvalue weighted by atomic mass is 28.3. The number of rotatable bonds is 6. The van der Waals surface area contributed by atoms with Gasteiger partial charge in [-0.05, 0) is 39.7 Å². The maximum absolute atomic E-state index is 12.9. The summed E-state index contributed by atoms with van der Waals surface area (Å²) in [5.74, 6) is -0.358. The number of nitrogens with zero attached hydrogens (tertiary/aromatic N) is 2. The molecule has 0 spiro atoms. The second kappa shape index (κ2) is 9.57. The summed E-state index contributed by atoms with van der Waals surface area (Å²) in [7, 11) is -1.31. The first-order valence-electron chi connectivity index (χ1n) is 10.9. The van der Waals surface area contributed by atoms with E-state index in [1.165, 1.54) is 6.92 Å². The molecule has 0 aromatic rings. The molecule has 0 N–H and O–H groups in total. The highest BCUT2D eigenvalue weighted by Gasteiger charge is 2.51. The van der Waals surface area contributed by atoms with Crippen molar-refractivity contribution in [2.75, 3.05) is 19.8 Å². The summed E-state index contributed by atoms with van der Waals surface area (Å²) >= 11 is 0. The Hall–Kier alpha value is -1.77. The number of likely N-dealkylation sites (tertiary alicyclic amines) is 1. The van der Waals surface area contributed by atoms with Gasteiger partial charge in [-0.15, -0.1) is 0 Å². The van der Waals surface area contributed by atoms with Crippen molar-refractivity contribution >= 4 is 26.2 Å². The van der Waals surface area contributed by atoms with E-state index in [1.54, 1.807) is 9.80 Å². The van der Waals surface area contributed by atoms with Crippen LogP contribution < -0.4 is 0 Å². The van der Waals surface area contributed by atoms with E-state index in [0.717, 1.165) is 18.9 Å². The highest BCUT2D eigenvalue weighted by molar-refractivity contribution is 6.76. The quantitative estimate of drug-likeness (QED) is 0.353. The van der Waals surface area contributed by atoms with Gasteiger partial charge in [-0.3, -0.25) is 9.69 Å². The number of piperazine rings is 1. The van der Waals surface area contributed by atoms with Gasteiger partial charge in [0.1, 0.15) is 5.60 Å². The largest absolute Gasteiger partial charge is 0.466 e. The van der Waals surface area contributed by atoms with Crippen molar-refractivity contribution < 1.29 is 28.6 Å². The Morgan fingerprint density at radius 2 is 1.67 bits per heavy atom. The lowest BCUT2D eigenvalue weighted by Gasteiger charge is -2.46. The number of fused-ring (bicyclic) bond motifs is 2. The molecule has 8 nitrogen and oxygen atoms in total. The first-order valence-corrected chi connectivity index (χ1v) is 14.6. The fourth-order valence-electron chi connectivity index (χ4n) is 4.05. The third-order valence-electron chi connectivity index (χ3n) is 5.43. The van der Waals surface area contributed by atoms with E-state index in [1.807, 2.05) is 20.8 Å². The topological polar surface area (TPSA) is 85.4 Å². The number of hydrogen-bond donors (Lipinski definition) is 0. The Labute approximate surface area is 181 Å². The van der Waals surface area contributed by atoms with Crippen molar-refractivity contribution in [2.24, 2.45) is 0 Å². The minimum Gasteiger partial charge on any atom is -0.466 e. The van der Waals surface area contributed by atoms with Crippen molar-refractivity contribution in [2.45, 2.75) is 96.4 Å². The summed E-state index contributed by atoms with van der Waals surface area (Å²) in [6, 6.07) is 0.384. The van der Waals surface area contributed by atoms with Crippen LogP contribution in [0.15, 0.2) is 0 Å². The van der Waals surface area contributed by atoms with Crippen molar-refractivity contribution in [1.29, 1.82) is 0 Å².